The Morgan fingerprint density at radius 2 is 1.88 bits per heavy atom. The zero-order valence-corrected chi connectivity index (χ0v) is 13.3. The molecule has 0 bridgehead atoms. The fourth-order valence-corrected chi connectivity index (χ4v) is 2.69. The lowest BCUT2D eigenvalue weighted by Crippen LogP contribution is -2.25. The van der Waals surface area contributed by atoms with Gasteiger partial charge in [-0.25, -0.2) is 0 Å². The van der Waals surface area contributed by atoms with Crippen LogP contribution in [-0.2, 0) is 21.0 Å². The zero-order valence-electron chi connectivity index (χ0n) is 12.5. The number of hydrogen-bond acceptors (Lipinski definition) is 6. The van der Waals surface area contributed by atoms with Crippen LogP contribution in [-0.4, -0.2) is 35.6 Å². The van der Waals surface area contributed by atoms with Crippen molar-refractivity contribution in [1.82, 2.24) is 4.57 Å². The maximum Gasteiger partial charge on any atom is 0.336 e. The summed E-state index contributed by atoms with van der Waals surface area (Å²) in [6.07, 6.45) is 3.51. The monoisotopic (exact) mass is 352 g/mol. The van der Waals surface area contributed by atoms with Crippen LogP contribution >= 0.6 is 0 Å². The van der Waals surface area contributed by atoms with E-state index in [-0.39, 0.29) is 12.2 Å². The summed E-state index contributed by atoms with van der Waals surface area (Å²) in [5.74, 6) is -2.24. The molecular weight excluding hydrogens is 336 g/mol. The number of rotatable bonds is 7. The molecule has 2 rings (SSSR count). The minimum absolute atomic E-state index is 0.113. The minimum atomic E-state index is -4.28. The van der Waals surface area contributed by atoms with Gasteiger partial charge in [0.25, 0.3) is 0 Å². The van der Waals surface area contributed by atoms with Crippen LogP contribution in [0.25, 0.3) is 5.69 Å². The van der Waals surface area contributed by atoms with E-state index in [2.05, 4.69) is 9.44 Å². The summed E-state index contributed by atoms with van der Waals surface area (Å²) in [4.78, 5) is 12.2. The smallest absolute Gasteiger partial charge is 0.336 e. The first-order valence-electron chi connectivity index (χ1n) is 6.72. The summed E-state index contributed by atoms with van der Waals surface area (Å²) >= 11 is 0. The summed E-state index contributed by atoms with van der Waals surface area (Å²) in [5, 5.41) is 12.3. The summed E-state index contributed by atoms with van der Waals surface area (Å²) in [6.45, 7) is -0.299. The highest BCUT2D eigenvalue weighted by Crippen LogP contribution is 2.16. The number of Topliss-reactive ketones (excluding diaryl/α,β-unsaturated/α-hetero) is 1. The molecule has 0 saturated carbocycles. The summed E-state index contributed by atoms with van der Waals surface area (Å²) in [6, 6.07) is 8.19. The van der Waals surface area contributed by atoms with Crippen molar-refractivity contribution < 1.29 is 22.6 Å². The topological polar surface area (TPSA) is 150 Å². The van der Waals surface area contributed by atoms with Gasteiger partial charge in [-0.05, 0) is 41.1 Å². The summed E-state index contributed by atoms with van der Waals surface area (Å²) in [7, 11) is -4.28. The maximum absolute atomic E-state index is 12.2. The van der Waals surface area contributed by atoms with E-state index in [4.69, 9.17) is 11.5 Å². The van der Waals surface area contributed by atoms with Gasteiger partial charge in [0.1, 0.15) is 0 Å². The van der Waals surface area contributed by atoms with Crippen molar-refractivity contribution in [3.8, 4) is 5.69 Å². The molecule has 128 valence electrons. The number of nitrogens with two attached hydrogens (primary N) is 2. The highest BCUT2D eigenvalue weighted by atomic mass is 32.2. The highest BCUT2D eigenvalue weighted by molar-refractivity contribution is 7.87. The molecule has 0 spiro atoms. The second kappa shape index (κ2) is 7.15. The number of benzene rings is 1. The Labute approximate surface area is 138 Å². The summed E-state index contributed by atoms with van der Waals surface area (Å²) in [5.41, 5.74) is 11.1. The lowest BCUT2D eigenvalue weighted by Gasteiger charge is -2.09. The first-order chi connectivity index (χ1) is 11.3. The molecule has 10 heteroatoms. The van der Waals surface area contributed by atoms with Gasteiger partial charge in [0.15, 0.2) is 11.5 Å². The molecule has 0 aliphatic carbocycles. The molecule has 0 fully saturated rings. The van der Waals surface area contributed by atoms with Gasteiger partial charge < -0.3 is 21.1 Å². The number of nitrogens with zero attached hydrogens (tertiary/aromatic N) is 2. The molecule has 0 radical (unpaired) electrons. The number of guanidine groups is 1. The Kier molecular flexibility index (Phi) is 5.21. The third-order valence-corrected chi connectivity index (χ3v) is 3.87. The van der Waals surface area contributed by atoms with Crippen LogP contribution in [0.1, 0.15) is 15.9 Å². The standard InChI is InChI=1S/C14H16N4O5S/c15-14(16)17-23-24(21,22)9-13(20)11-5-10(8-19)6-12(7-11)18-3-1-2-4-18/h1-7,19H,8-9H2,(H4,15,16,17). The lowest BCUT2D eigenvalue weighted by molar-refractivity contribution is 0.101. The predicted octanol–water partition coefficient (Wildman–Crippen LogP) is -0.313. The van der Waals surface area contributed by atoms with Crippen molar-refractivity contribution in [1.29, 1.82) is 0 Å². The highest BCUT2D eigenvalue weighted by Gasteiger charge is 2.20. The van der Waals surface area contributed by atoms with E-state index in [1.807, 2.05) is 0 Å². The molecule has 0 saturated heterocycles. The second-order valence-electron chi connectivity index (χ2n) is 4.85. The average molecular weight is 352 g/mol. The van der Waals surface area contributed by atoms with Crippen molar-refractivity contribution in [2.75, 3.05) is 5.75 Å². The normalized spacial score (nSPS) is 11.0. The Balaban J connectivity index is 2.29. The Morgan fingerprint density at radius 3 is 2.46 bits per heavy atom. The van der Waals surface area contributed by atoms with Crippen LogP contribution in [0, 0.1) is 0 Å². The van der Waals surface area contributed by atoms with E-state index in [1.165, 1.54) is 12.1 Å². The molecule has 0 unspecified atom stereocenters. The average Bonchev–Trinajstić information content (AvgIpc) is 3.06. The minimum Gasteiger partial charge on any atom is -0.392 e. The van der Waals surface area contributed by atoms with Crippen molar-refractivity contribution in [2.45, 2.75) is 6.61 Å². The van der Waals surface area contributed by atoms with Crippen LogP contribution in [0.3, 0.4) is 0 Å². The maximum atomic E-state index is 12.2. The predicted molar refractivity (Wildman–Crippen MR) is 86.7 cm³/mol. The van der Waals surface area contributed by atoms with E-state index in [0.29, 0.717) is 11.3 Å². The number of aromatic nitrogens is 1. The number of carbonyl (C=O) groups is 1. The van der Waals surface area contributed by atoms with Crippen LogP contribution < -0.4 is 11.5 Å². The van der Waals surface area contributed by atoms with Crippen LogP contribution in [0.4, 0.5) is 0 Å². The third kappa shape index (κ3) is 4.57. The van der Waals surface area contributed by atoms with Gasteiger partial charge in [0.05, 0.1) is 6.61 Å². The van der Waals surface area contributed by atoms with Gasteiger partial charge >= 0.3 is 10.1 Å². The van der Waals surface area contributed by atoms with E-state index in [0.717, 1.165) is 0 Å². The van der Waals surface area contributed by atoms with Gasteiger partial charge in [0.2, 0.25) is 5.96 Å². The molecule has 9 nitrogen and oxygen atoms in total. The lowest BCUT2D eigenvalue weighted by atomic mass is 10.1. The Bertz CT molecular complexity index is 855. The Morgan fingerprint density at radius 1 is 1.21 bits per heavy atom. The molecular formula is C14H16N4O5S. The fraction of sp³-hybridized carbons (Fsp3) is 0.143. The van der Waals surface area contributed by atoms with Crippen molar-refractivity contribution in [2.24, 2.45) is 16.6 Å². The first kappa shape index (κ1) is 17.5. The third-order valence-electron chi connectivity index (χ3n) is 2.95. The quantitative estimate of drug-likeness (QED) is 0.267. The van der Waals surface area contributed by atoms with Crippen LogP contribution in [0.5, 0.6) is 0 Å². The number of hydrogen-bond donors (Lipinski definition) is 3. The summed E-state index contributed by atoms with van der Waals surface area (Å²) < 4.78 is 29.2. The van der Waals surface area contributed by atoms with Gasteiger partial charge in [-0.1, -0.05) is 0 Å². The van der Waals surface area contributed by atoms with Gasteiger partial charge in [0, 0.05) is 23.6 Å². The number of oxime groups is 1. The molecule has 5 N–H and O–H groups in total. The SMILES string of the molecule is NC(N)=NOS(=O)(=O)CC(=O)c1cc(CO)cc(-n2cccc2)c1. The molecule has 1 heterocycles. The molecule has 1 aromatic carbocycles. The molecule has 0 aliphatic heterocycles. The van der Waals surface area contributed by atoms with E-state index < -0.39 is 27.6 Å². The van der Waals surface area contributed by atoms with Crippen LogP contribution in [0.2, 0.25) is 0 Å². The fourth-order valence-electron chi connectivity index (χ4n) is 1.95. The molecule has 0 aliphatic rings. The van der Waals surface area contributed by atoms with E-state index in [9.17, 15) is 18.3 Å². The first-order valence-corrected chi connectivity index (χ1v) is 8.30. The van der Waals surface area contributed by atoms with Crippen molar-refractivity contribution in [3.05, 3.63) is 53.9 Å². The molecule has 1 aromatic heterocycles. The van der Waals surface area contributed by atoms with Gasteiger partial charge in [-0.3, -0.25) is 9.08 Å². The largest absolute Gasteiger partial charge is 0.392 e. The second-order valence-corrected chi connectivity index (χ2v) is 6.41. The Hall–Kier alpha value is -2.85. The van der Waals surface area contributed by atoms with Gasteiger partial charge in [-0.2, -0.15) is 8.42 Å². The van der Waals surface area contributed by atoms with Crippen molar-refractivity contribution >= 4 is 21.9 Å². The molecule has 24 heavy (non-hydrogen) atoms. The zero-order chi connectivity index (χ0) is 17.7. The number of aliphatic hydroxyl groups is 1. The van der Waals surface area contributed by atoms with Crippen molar-refractivity contribution in [3.63, 3.8) is 0 Å². The van der Waals surface area contributed by atoms with Gasteiger partial charge in [-0.15, -0.1) is 0 Å². The molecule has 0 atom stereocenters. The number of aliphatic hydroxyl groups excluding tert-OH is 1. The number of carbonyl (C=O) groups excluding carboxylic acids is 1. The van der Waals surface area contributed by atoms with Crippen LogP contribution in [0.15, 0.2) is 47.9 Å². The van der Waals surface area contributed by atoms with E-state index in [1.54, 1.807) is 35.2 Å². The van der Waals surface area contributed by atoms with E-state index >= 15 is 0 Å². The number of ketones is 1. The molecule has 0 amide bonds. The molecule has 2 aromatic rings.